The molecule has 2 aromatic rings. The second-order valence-corrected chi connectivity index (χ2v) is 6.05. The predicted octanol–water partition coefficient (Wildman–Crippen LogP) is 0.452. The molecule has 0 bridgehead atoms. The Bertz CT molecular complexity index is 731. The second kappa shape index (κ2) is 7.78. The Balaban J connectivity index is 1.68. The van der Waals surface area contributed by atoms with Gasteiger partial charge in [-0.1, -0.05) is 0 Å². The summed E-state index contributed by atoms with van der Waals surface area (Å²) in [5.74, 6) is 1.30. The van der Waals surface area contributed by atoms with Gasteiger partial charge in [0.05, 0.1) is 25.9 Å². The fraction of sp³-hybridized carbons (Fsp3) is 0.412. The molecule has 1 unspecified atom stereocenters. The van der Waals surface area contributed by atoms with Crippen LogP contribution in [0.2, 0.25) is 0 Å². The van der Waals surface area contributed by atoms with E-state index in [-0.39, 0.29) is 24.3 Å². The van der Waals surface area contributed by atoms with Crippen LogP contribution in [-0.2, 0) is 22.7 Å². The van der Waals surface area contributed by atoms with Crippen molar-refractivity contribution in [3.63, 3.8) is 0 Å². The number of hydrogen-bond donors (Lipinski definition) is 1. The molecule has 132 valence electrons. The average molecular weight is 343 g/mol. The van der Waals surface area contributed by atoms with Crippen molar-refractivity contribution in [3.05, 3.63) is 42.7 Å². The molecule has 1 N–H and O–H groups in total. The van der Waals surface area contributed by atoms with E-state index in [1.807, 2.05) is 22.9 Å². The number of ether oxygens (including phenoxy) is 1. The average Bonchev–Trinajstić information content (AvgIpc) is 2.96. The van der Waals surface area contributed by atoms with Crippen molar-refractivity contribution >= 4 is 11.8 Å². The van der Waals surface area contributed by atoms with Crippen LogP contribution < -0.4 is 10.1 Å². The molecule has 0 saturated carbocycles. The minimum atomic E-state index is -0.221. The Morgan fingerprint density at radius 3 is 3.00 bits per heavy atom. The first kappa shape index (κ1) is 16.9. The third-order valence-corrected chi connectivity index (χ3v) is 4.03. The third-order valence-electron chi connectivity index (χ3n) is 4.03. The van der Waals surface area contributed by atoms with Gasteiger partial charge in [-0.25, -0.2) is 4.98 Å². The smallest absolute Gasteiger partial charge is 0.242 e. The van der Waals surface area contributed by atoms with Crippen molar-refractivity contribution < 1.29 is 14.3 Å². The van der Waals surface area contributed by atoms with Gasteiger partial charge in [0, 0.05) is 44.5 Å². The Morgan fingerprint density at radius 2 is 2.24 bits per heavy atom. The molecule has 2 amide bonds. The highest BCUT2D eigenvalue weighted by molar-refractivity contribution is 5.83. The van der Waals surface area contributed by atoms with Gasteiger partial charge in [-0.2, -0.15) is 0 Å². The van der Waals surface area contributed by atoms with Crippen LogP contribution in [0, 0.1) is 5.92 Å². The van der Waals surface area contributed by atoms with Gasteiger partial charge in [-0.05, 0) is 12.1 Å². The molecule has 8 nitrogen and oxygen atoms in total. The molecule has 0 aliphatic carbocycles. The summed E-state index contributed by atoms with van der Waals surface area (Å²) in [6.07, 6.45) is 7.00. The number of amides is 2. The maximum absolute atomic E-state index is 12.4. The zero-order valence-corrected chi connectivity index (χ0v) is 14.1. The summed E-state index contributed by atoms with van der Waals surface area (Å²) in [6, 6.07) is 3.67. The number of fused-ring (bicyclic) bond motifs is 1. The fourth-order valence-corrected chi connectivity index (χ4v) is 2.79. The number of carbonyl (C=O) groups is 2. The first-order valence-corrected chi connectivity index (χ1v) is 8.17. The summed E-state index contributed by atoms with van der Waals surface area (Å²) in [5.41, 5.74) is 0. The normalized spacial score (nSPS) is 16.7. The zero-order valence-electron chi connectivity index (χ0n) is 14.1. The summed E-state index contributed by atoms with van der Waals surface area (Å²) in [6.45, 7) is 3.54. The van der Waals surface area contributed by atoms with Crippen molar-refractivity contribution in [2.45, 2.75) is 20.0 Å². The molecule has 1 aliphatic rings. The Labute approximate surface area is 145 Å². The van der Waals surface area contributed by atoms with E-state index in [0.717, 1.165) is 12.4 Å². The second-order valence-electron chi connectivity index (χ2n) is 6.05. The van der Waals surface area contributed by atoms with Crippen LogP contribution in [0.25, 0.3) is 0 Å². The van der Waals surface area contributed by atoms with Crippen LogP contribution in [0.3, 0.4) is 0 Å². The number of carbonyl (C=O) groups excluding carboxylic acids is 2. The van der Waals surface area contributed by atoms with Gasteiger partial charge in [0.2, 0.25) is 11.8 Å². The van der Waals surface area contributed by atoms with Gasteiger partial charge in [0.15, 0.2) is 0 Å². The zero-order chi connectivity index (χ0) is 17.6. The van der Waals surface area contributed by atoms with Crippen molar-refractivity contribution in [3.8, 4) is 5.75 Å². The molecule has 2 aromatic heterocycles. The van der Waals surface area contributed by atoms with Crippen LogP contribution in [0.1, 0.15) is 12.7 Å². The maximum Gasteiger partial charge on any atom is 0.242 e. The van der Waals surface area contributed by atoms with E-state index >= 15 is 0 Å². The molecular weight excluding hydrogens is 322 g/mol. The van der Waals surface area contributed by atoms with Gasteiger partial charge in [-0.3, -0.25) is 14.6 Å². The summed E-state index contributed by atoms with van der Waals surface area (Å²) in [4.78, 5) is 33.6. The SMILES string of the molecule is CC(=O)NCC(=O)N1Cc2nccn2CC(COc2cccnc2)C1. The summed E-state index contributed by atoms with van der Waals surface area (Å²) < 4.78 is 7.86. The van der Waals surface area contributed by atoms with Crippen LogP contribution in [0.5, 0.6) is 5.75 Å². The first-order valence-electron chi connectivity index (χ1n) is 8.17. The Morgan fingerprint density at radius 1 is 1.36 bits per heavy atom. The van der Waals surface area contributed by atoms with E-state index in [1.165, 1.54) is 6.92 Å². The van der Waals surface area contributed by atoms with Gasteiger partial charge in [-0.15, -0.1) is 0 Å². The van der Waals surface area contributed by atoms with E-state index in [0.29, 0.717) is 25.4 Å². The molecule has 0 radical (unpaired) electrons. The lowest BCUT2D eigenvalue weighted by atomic mass is 10.1. The number of hydrogen-bond acceptors (Lipinski definition) is 5. The predicted molar refractivity (Wildman–Crippen MR) is 89.5 cm³/mol. The van der Waals surface area contributed by atoms with E-state index in [4.69, 9.17) is 4.74 Å². The maximum atomic E-state index is 12.4. The van der Waals surface area contributed by atoms with Crippen molar-refractivity contribution in [1.82, 2.24) is 24.8 Å². The molecular formula is C17H21N5O3. The number of nitrogens with zero attached hydrogens (tertiary/aromatic N) is 4. The van der Waals surface area contributed by atoms with E-state index in [1.54, 1.807) is 23.5 Å². The van der Waals surface area contributed by atoms with Crippen LogP contribution in [0.15, 0.2) is 36.9 Å². The molecule has 0 aromatic carbocycles. The van der Waals surface area contributed by atoms with E-state index in [2.05, 4.69) is 15.3 Å². The highest BCUT2D eigenvalue weighted by Gasteiger charge is 2.26. The fourth-order valence-electron chi connectivity index (χ4n) is 2.79. The third kappa shape index (κ3) is 4.56. The number of nitrogens with one attached hydrogen (secondary N) is 1. The van der Waals surface area contributed by atoms with Crippen molar-refractivity contribution in [1.29, 1.82) is 0 Å². The highest BCUT2D eigenvalue weighted by Crippen LogP contribution is 2.17. The molecule has 3 rings (SSSR count). The van der Waals surface area contributed by atoms with Crippen molar-refractivity contribution in [2.75, 3.05) is 19.7 Å². The molecule has 8 heteroatoms. The van der Waals surface area contributed by atoms with E-state index < -0.39 is 0 Å². The van der Waals surface area contributed by atoms with Crippen LogP contribution in [-0.4, -0.2) is 50.9 Å². The topological polar surface area (TPSA) is 89.4 Å². The van der Waals surface area contributed by atoms with Crippen LogP contribution >= 0.6 is 0 Å². The summed E-state index contributed by atoms with van der Waals surface area (Å²) in [7, 11) is 0. The molecule has 0 fully saturated rings. The van der Waals surface area contributed by atoms with E-state index in [9.17, 15) is 9.59 Å². The molecule has 1 aliphatic heterocycles. The minimum Gasteiger partial charge on any atom is -0.492 e. The molecule has 0 saturated heterocycles. The summed E-state index contributed by atoms with van der Waals surface area (Å²) >= 11 is 0. The Hall–Kier alpha value is -2.90. The lowest BCUT2D eigenvalue weighted by molar-refractivity contribution is -0.133. The van der Waals surface area contributed by atoms with Gasteiger partial charge < -0.3 is 19.5 Å². The first-order chi connectivity index (χ1) is 12.1. The van der Waals surface area contributed by atoms with Gasteiger partial charge >= 0.3 is 0 Å². The monoisotopic (exact) mass is 343 g/mol. The molecule has 3 heterocycles. The van der Waals surface area contributed by atoms with Crippen molar-refractivity contribution in [2.24, 2.45) is 5.92 Å². The largest absolute Gasteiger partial charge is 0.492 e. The number of imidazole rings is 1. The lowest BCUT2D eigenvalue weighted by Gasteiger charge is -2.24. The molecule has 0 spiro atoms. The molecule has 1 atom stereocenters. The number of rotatable bonds is 5. The van der Waals surface area contributed by atoms with Gasteiger partial charge in [0.1, 0.15) is 11.6 Å². The standard InChI is InChI=1S/C17H21N5O3/c1-13(23)20-8-17(24)22-10-14(9-21-6-5-19-16(21)11-22)12-25-15-3-2-4-18-7-15/h2-7,14H,8-12H2,1H3,(H,20,23). The number of pyridine rings is 1. The minimum absolute atomic E-state index is 0.00771. The van der Waals surface area contributed by atoms with Crippen LogP contribution in [0.4, 0.5) is 0 Å². The quantitative estimate of drug-likeness (QED) is 0.851. The number of aromatic nitrogens is 3. The lowest BCUT2D eigenvalue weighted by Crippen LogP contribution is -2.41. The summed E-state index contributed by atoms with van der Waals surface area (Å²) in [5, 5.41) is 2.56. The highest BCUT2D eigenvalue weighted by atomic mass is 16.5. The van der Waals surface area contributed by atoms with Gasteiger partial charge in [0.25, 0.3) is 0 Å². The molecule has 25 heavy (non-hydrogen) atoms. The Kier molecular flexibility index (Phi) is 5.27.